The molecule has 0 saturated heterocycles. The van der Waals surface area contributed by atoms with E-state index in [0.717, 1.165) is 11.1 Å². The maximum absolute atomic E-state index is 5.11. The summed E-state index contributed by atoms with van der Waals surface area (Å²) in [7, 11) is 0. The molecule has 0 amide bonds. The fourth-order valence-corrected chi connectivity index (χ4v) is 1.16. The van der Waals surface area contributed by atoms with Gasteiger partial charge in [0.15, 0.2) is 0 Å². The first-order valence-corrected chi connectivity index (χ1v) is 3.13. The van der Waals surface area contributed by atoms with Crippen LogP contribution < -0.4 is 0 Å². The molecule has 0 aliphatic heterocycles. The quantitative estimate of drug-likeness (QED) is 0.460. The van der Waals surface area contributed by atoms with Crippen LogP contribution in [0.5, 0.6) is 0 Å². The summed E-state index contributed by atoms with van der Waals surface area (Å²) in [5.74, 6) is 2.52. The number of terminal acetylenes is 1. The lowest BCUT2D eigenvalue weighted by Gasteiger charge is -1.79. The van der Waals surface area contributed by atoms with E-state index in [-0.39, 0.29) is 0 Å². The molecule has 1 aromatic heterocycles. The Morgan fingerprint density at radius 3 is 2.62 bits per heavy atom. The second-order valence-electron chi connectivity index (χ2n) is 1.46. The molecule has 1 aromatic rings. The summed E-state index contributed by atoms with van der Waals surface area (Å²) < 4.78 is 0. The molecule has 0 aliphatic carbocycles. The van der Waals surface area contributed by atoms with Crippen molar-refractivity contribution in [2.75, 3.05) is 0 Å². The minimum absolute atomic E-state index is 0.912. The van der Waals surface area contributed by atoms with Gasteiger partial charge in [0.2, 0.25) is 0 Å². The predicted octanol–water partition coefficient (Wildman–Crippen LogP) is 1.91. The Balaban J connectivity index is 3.15. The van der Waals surface area contributed by atoms with E-state index in [2.05, 4.69) is 12.8 Å². The second kappa shape index (κ2) is 2.02. The van der Waals surface area contributed by atoms with Crippen LogP contribution in [0.25, 0.3) is 0 Å². The zero-order valence-corrected chi connectivity index (χ0v) is 5.16. The zero-order valence-electron chi connectivity index (χ0n) is 4.35. The normalized spacial score (nSPS) is 8.50. The molecule has 1 heteroatoms. The van der Waals surface area contributed by atoms with Crippen LogP contribution in [0.2, 0.25) is 0 Å². The van der Waals surface area contributed by atoms with Crippen molar-refractivity contribution in [2.24, 2.45) is 0 Å². The number of hydrogen-bond acceptors (Lipinski definition) is 1. The van der Waals surface area contributed by atoms with Gasteiger partial charge < -0.3 is 0 Å². The van der Waals surface area contributed by atoms with E-state index in [9.17, 15) is 0 Å². The minimum Gasteiger partial charge on any atom is -0.151 e. The van der Waals surface area contributed by atoms with E-state index in [1.807, 2.05) is 10.8 Å². The highest BCUT2D eigenvalue weighted by molar-refractivity contribution is 7.08. The van der Waals surface area contributed by atoms with Crippen LogP contribution in [-0.2, 0) is 0 Å². The summed E-state index contributed by atoms with van der Waals surface area (Å²) in [5.41, 5.74) is 1.87. The van der Waals surface area contributed by atoms with Crippen LogP contribution >= 0.6 is 11.3 Å². The van der Waals surface area contributed by atoms with Gasteiger partial charge in [0.1, 0.15) is 0 Å². The third-order valence-corrected chi connectivity index (χ3v) is 1.69. The third kappa shape index (κ3) is 0.753. The first-order valence-electron chi connectivity index (χ1n) is 2.19. The molecule has 0 atom stereocenters. The Labute approximate surface area is 53.2 Å². The van der Waals surface area contributed by atoms with E-state index in [0.29, 0.717) is 0 Å². The van der Waals surface area contributed by atoms with Gasteiger partial charge in [-0.15, -0.1) is 6.42 Å². The van der Waals surface area contributed by atoms with Crippen molar-refractivity contribution in [1.29, 1.82) is 0 Å². The fraction of sp³-hybridized carbons (Fsp3) is 0. The van der Waals surface area contributed by atoms with Crippen molar-refractivity contribution in [1.82, 2.24) is 0 Å². The minimum atomic E-state index is 0.912. The predicted molar refractivity (Wildman–Crippen MR) is 36.7 cm³/mol. The van der Waals surface area contributed by atoms with Crippen molar-refractivity contribution in [3.8, 4) is 12.3 Å². The van der Waals surface area contributed by atoms with Gasteiger partial charge in [0.25, 0.3) is 0 Å². The van der Waals surface area contributed by atoms with Crippen molar-refractivity contribution in [3.05, 3.63) is 28.8 Å². The second-order valence-corrected chi connectivity index (χ2v) is 2.20. The third-order valence-electron chi connectivity index (χ3n) is 0.898. The Morgan fingerprint density at radius 2 is 2.38 bits per heavy atom. The Bertz CT molecular complexity index is 215. The van der Waals surface area contributed by atoms with Gasteiger partial charge in [-0.2, -0.15) is 11.3 Å². The molecule has 0 saturated carbocycles. The number of thiophene rings is 1. The van der Waals surface area contributed by atoms with Crippen LogP contribution in [0.15, 0.2) is 10.8 Å². The van der Waals surface area contributed by atoms with Gasteiger partial charge in [-0.1, -0.05) is 5.92 Å². The topological polar surface area (TPSA) is 0 Å². The lowest BCUT2D eigenvalue weighted by Crippen LogP contribution is -1.67. The van der Waals surface area contributed by atoms with Gasteiger partial charge in [0.05, 0.1) is 0 Å². The standard InChI is InChI=1S/C7H5S/c1-3-7-5-8-4-6(7)2/h1,4-5H,2H2. The summed E-state index contributed by atoms with van der Waals surface area (Å²) in [5, 5.41) is 3.86. The molecule has 1 rings (SSSR count). The highest BCUT2D eigenvalue weighted by Gasteiger charge is 1.90. The van der Waals surface area contributed by atoms with Crippen molar-refractivity contribution < 1.29 is 0 Å². The Morgan fingerprint density at radius 1 is 1.62 bits per heavy atom. The molecule has 0 bridgehead atoms. The Kier molecular flexibility index (Phi) is 1.36. The largest absolute Gasteiger partial charge is 0.151 e. The van der Waals surface area contributed by atoms with Crippen LogP contribution in [0.3, 0.4) is 0 Å². The first-order chi connectivity index (χ1) is 3.84. The maximum atomic E-state index is 5.11. The van der Waals surface area contributed by atoms with Crippen molar-refractivity contribution in [2.45, 2.75) is 0 Å². The smallest absolute Gasteiger partial charge is 0.0381 e. The number of rotatable bonds is 0. The van der Waals surface area contributed by atoms with E-state index < -0.39 is 0 Å². The van der Waals surface area contributed by atoms with Gasteiger partial charge in [0, 0.05) is 10.9 Å². The summed E-state index contributed by atoms with van der Waals surface area (Å²) in [6.45, 7) is 3.72. The fourth-order valence-electron chi connectivity index (χ4n) is 0.450. The molecular formula is C7H5S. The molecule has 8 heavy (non-hydrogen) atoms. The molecular weight excluding hydrogens is 116 g/mol. The summed E-state index contributed by atoms with van der Waals surface area (Å²) in [6, 6.07) is 0. The summed E-state index contributed by atoms with van der Waals surface area (Å²) in [4.78, 5) is 0. The van der Waals surface area contributed by atoms with E-state index in [1.165, 1.54) is 0 Å². The van der Waals surface area contributed by atoms with Gasteiger partial charge in [-0.3, -0.25) is 0 Å². The van der Waals surface area contributed by atoms with Gasteiger partial charge in [-0.05, 0) is 17.9 Å². The van der Waals surface area contributed by atoms with Crippen LogP contribution in [0.1, 0.15) is 11.1 Å². The summed E-state index contributed by atoms with van der Waals surface area (Å²) >= 11 is 1.59. The lowest BCUT2D eigenvalue weighted by molar-refractivity contribution is 1.71. The van der Waals surface area contributed by atoms with Crippen LogP contribution in [0, 0.1) is 19.3 Å². The molecule has 1 heterocycles. The molecule has 0 nitrogen and oxygen atoms in total. The maximum Gasteiger partial charge on any atom is 0.0381 e. The monoisotopic (exact) mass is 121 g/mol. The molecule has 0 aromatic carbocycles. The molecule has 0 spiro atoms. The zero-order chi connectivity index (χ0) is 5.98. The Hall–Kier alpha value is -0.740. The molecule has 1 radical (unpaired) electrons. The van der Waals surface area contributed by atoms with Crippen LogP contribution in [0.4, 0.5) is 0 Å². The summed E-state index contributed by atoms with van der Waals surface area (Å²) in [6.07, 6.45) is 5.11. The van der Waals surface area contributed by atoms with Crippen LogP contribution in [-0.4, -0.2) is 0 Å². The van der Waals surface area contributed by atoms with Crippen molar-refractivity contribution >= 4 is 11.3 Å². The van der Waals surface area contributed by atoms with E-state index >= 15 is 0 Å². The molecule has 0 N–H and O–H groups in total. The molecule has 39 valence electrons. The highest BCUT2D eigenvalue weighted by Crippen LogP contribution is 2.10. The average molecular weight is 121 g/mol. The van der Waals surface area contributed by atoms with Crippen molar-refractivity contribution in [3.63, 3.8) is 0 Å². The lowest BCUT2D eigenvalue weighted by atomic mass is 10.2. The molecule has 0 aliphatic rings. The molecule has 0 fully saturated rings. The average Bonchev–Trinajstić information content (AvgIpc) is 2.14. The highest BCUT2D eigenvalue weighted by atomic mass is 32.1. The van der Waals surface area contributed by atoms with Gasteiger partial charge in [-0.25, -0.2) is 0 Å². The van der Waals surface area contributed by atoms with E-state index in [1.54, 1.807) is 11.3 Å². The van der Waals surface area contributed by atoms with E-state index in [4.69, 9.17) is 6.42 Å². The van der Waals surface area contributed by atoms with Gasteiger partial charge >= 0.3 is 0 Å². The molecule has 0 unspecified atom stereocenters. The SMILES string of the molecule is C#Cc1cscc1[CH2]. The number of hydrogen-bond donors (Lipinski definition) is 0. The first kappa shape index (κ1) is 5.40.